The minimum atomic E-state index is -0.711. The van der Waals surface area contributed by atoms with Crippen molar-refractivity contribution >= 4 is 11.8 Å². The van der Waals surface area contributed by atoms with Crippen LogP contribution in [0, 0.1) is 0 Å². The van der Waals surface area contributed by atoms with Gasteiger partial charge in [-0.25, -0.2) is 0 Å². The van der Waals surface area contributed by atoms with Gasteiger partial charge >= 0.3 is 0 Å². The number of fused-ring (bicyclic) bond motifs is 1. The van der Waals surface area contributed by atoms with Crippen LogP contribution in [-0.4, -0.2) is 37.0 Å². The van der Waals surface area contributed by atoms with Gasteiger partial charge in [0, 0.05) is 13.0 Å². The van der Waals surface area contributed by atoms with Gasteiger partial charge in [-0.1, -0.05) is 36.4 Å². The number of methoxy groups -OCH3 is 2. The van der Waals surface area contributed by atoms with Gasteiger partial charge in [-0.05, 0) is 52.6 Å². The maximum atomic E-state index is 13.7. The SMILES string of the molecule is COc1ccc(-c2ccc(OC)cc2C(=O)N2Cc3ccccc3CC2C(N)=O)cc1. The molecule has 0 aliphatic carbocycles. The van der Waals surface area contributed by atoms with Crippen molar-refractivity contribution in [3.63, 3.8) is 0 Å². The van der Waals surface area contributed by atoms with Crippen molar-refractivity contribution < 1.29 is 19.1 Å². The highest BCUT2D eigenvalue weighted by molar-refractivity contribution is 6.03. The molecule has 2 amide bonds. The van der Waals surface area contributed by atoms with E-state index in [0.29, 0.717) is 24.3 Å². The molecule has 1 heterocycles. The lowest BCUT2D eigenvalue weighted by atomic mass is 9.91. The standard InChI is InChI=1S/C25H24N2O4/c1-30-19-9-7-16(8-10-19)21-12-11-20(31-2)14-22(21)25(29)27-15-18-6-4-3-5-17(18)13-23(27)24(26)28/h3-12,14,23H,13,15H2,1-2H3,(H2,26,28). The number of primary amides is 1. The predicted molar refractivity (Wildman–Crippen MR) is 118 cm³/mol. The molecule has 6 nitrogen and oxygen atoms in total. The Kier molecular flexibility index (Phi) is 5.62. The molecule has 1 atom stereocenters. The molecule has 158 valence electrons. The van der Waals surface area contributed by atoms with Gasteiger partial charge in [0.05, 0.1) is 19.8 Å². The average molecular weight is 416 g/mol. The van der Waals surface area contributed by atoms with Crippen molar-refractivity contribution in [3.05, 3.63) is 83.4 Å². The number of hydrogen-bond donors (Lipinski definition) is 1. The second kappa shape index (κ2) is 8.52. The Morgan fingerprint density at radius 1 is 0.903 bits per heavy atom. The lowest BCUT2D eigenvalue weighted by molar-refractivity contribution is -0.122. The summed E-state index contributed by atoms with van der Waals surface area (Å²) in [4.78, 5) is 27.6. The number of benzene rings is 3. The first-order chi connectivity index (χ1) is 15.0. The largest absolute Gasteiger partial charge is 0.497 e. The molecule has 0 saturated heterocycles. The van der Waals surface area contributed by atoms with Crippen molar-refractivity contribution in [3.8, 4) is 22.6 Å². The summed E-state index contributed by atoms with van der Waals surface area (Å²) in [5, 5.41) is 0. The van der Waals surface area contributed by atoms with Crippen molar-refractivity contribution in [2.45, 2.75) is 19.0 Å². The number of rotatable bonds is 5. The second-order valence-electron chi connectivity index (χ2n) is 7.46. The number of ether oxygens (including phenoxy) is 2. The van der Waals surface area contributed by atoms with E-state index in [1.165, 1.54) is 0 Å². The van der Waals surface area contributed by atoms with Gasteiger partial charge in [0.25, 0.3) is 5.91 Å². The molecule has 0 bridgehead atoms. The Balaban J connectivity index is 1.78. The van der Waals surface area contributed by atoms with Crippen LogP contribution in [0.1, 0.15) is 21.5 Å². The van der Waals surface area contributed by atoms with Crippen molar-refractivity contribution in [1.29, 1.82) is 0 Å². The van der Waals surface area contributed by atoms with Crippen molar-refractivity contribution in [1.82, 2.24) is 4.90 Å². The summed E-state index contributed by atoms with van der Waals surface area (Å²) in [7, 11) is 3.16. The molecule has 1 unspecified atom stereocenters. The number of amides is 2. The highest BCUT2D eigenvalue weighted by atomic mass is 16.5. The number of nitrogens with zero attached hydrogens (tertiary/aromatic N) is 1. The van der Waals surface area contributed by atoms with Crippen LogP contribution < -0.4 is 15.2 Å². The Morgan fingerprint density at radius 3 is 2.19 bits per heavy atom. The lowest BCUT2D eigenvalue weighted by Gasteiger charge is -2.35. The first kappa shape index (κ1) is 20.5. The first-order valence-electron chi connectivity index (χ1n) is 10.0. The van der Waals surface area contributed by atoms with E-state index in [4.69, 9.17) is 15.2 Å². The van der Waals surface area contributed by atoms with E-state index in [-0.39, 0.29) is 5.91 Å². The molecular weight excluding hydrogens is 392 g/mol. The minimum absolute atomic E-state index is 0.261. The van der Waals surface area contributed by atoms with E-state index in [0.717, 1.165) is 28.0 Å². The molecule has 4 rings (SSSR count). The number of nitrogens with two attached hydrogens (primary N) is 1. The Bertz CT molecular complexity index is 1120. The van der Waals surface area contributed by atoms with E-state index in [2.05, 4.69) is 0 Å². The maximum absolute atomic E-state index is 13.7. The van der Waals surface area contributed by atoms with Crippen LogP contribution in [0.2, 0.25) is 0 Å². The monoisotopic (exact) mass is 416 g/mol. The Hall–Kier alpha value is -3.80. The summed E-state index contributed by atoms with van der Waals surface area (Å²) in [6.45, 7) is 0.321. The third-order valence-electron chi connectivity index (χ3n) is 5.70. The fourth-order valence-electron chi connectivity index (χ4n) is 3.99. The molecular formula is C25H24N2O4. The molecule has 2 N–H and O–H groups in total. The molecule has 0 fully saturated rings. The normalized spacial score (nSPS) is 15.2. The van der Waals surface area contributed by atoms with Gasteiger partial charge < -0.3 is 20.1 Å². The number of carbonyl (C=O) groups excluding carboxylic acids is 2. The van der Waals surface area contributed by atoms with Crippen LogP contribution in [0.4, 0.5) is 0 Å². The third-order valence-corrected chi connectivity index (χ3v) is 5.70. The topological polar surface area (TPSA) is 81.9 Å². The van der Waals surface area contributed by atoms with E-state index in [1.807, 2.05) is 60.7 Å². The minimum Gasteiger partial charge on any atom is -0.497 e. The van der Waals surface area contributed by atoms with Crippen LogP contribution in [0.15, 0.2) is 66.7 Å². The van der Waals surface area contributed by atoms with Crippen LogP contribution in [0.5, 0.6) is 11.5 Å². The van der Waals surface area contributed by atoms with Crippen LogP contribution >= 0.6 is 0 Å². The zero-order chi connectivity index (χ0) is 22.0. The van der Waals surface area contributed by atoms with Crippen LogP contribution in [0.25, 0.3) is 11.1 Å². The fraction of sp³-hybridized carbons (Fsp3) is 0.200. The summed E-state index contributed by atoms with van der Waals surface area (Å²) in [5.74, 6) is 0.514. The summed E-state index contributed by atoms with van der Waals surface area (Å²) in [6, 6.07) is 20.0. The van der Waals surface area contributed by atoms with Gasteiger partial charge in [0.15, 0.2) is 0 Å². The zero-order valence-corrected chi connectivity index (χ0v) is 17.5. The Morgan fingerprint density at radius 2 is 1.55 bits per heavy atom. The third kappa shape index (κ3) is 3.97. The molecule has 3 aromatic carbocycles. The second-order valence-corrected chi connectivity index (χ2v) is 7.46. The molecule has 0 radical (unpaired) electrons. The summed E-state index contributed by atoms with van der Waals surface area (Å²) in [5.41, 5.74) is 9.81. The van der Waals surface area contributed by atoms with E-state index < -0.39 is 11.9 Å². The molecule has 0 saturated carbocycles. The number of hydrogen-bond acceptors (Lipinski definition) is 4. The summed E-state index contributed by atoms with van der Waals surface area (Å²) >= 11 is 0. The highest BCUT2D eigenvalue weighted by Crippen LogP contribution is 2.32. The van der Waals surface area contributed by atoms with Crippen molar-refractivity contribution in [2.75, 3.05) is 14.2 Å². The molecule has 1 aliphatic rings. The van der Waals surface area contributed by atoms with Crippen LogP contribution in [-0.2, 0) is 17.8 Å². The number of carbonyl (C=O) groups is 2. The molecule has 6 heteroatoms. The maximum Gasteiger partial charge on any atom is 0.255 e. The molecule has 0 spiro atoms. The smallest absolute Gasteiger partial charge is 0.255 e. The van der Waals surface area contributed by atoms with Gasteiger partial charge in [-0.3, -0.25) is 9.59 Å². The average Bonchev–Trinajstić information content (AvgIpc) is 2.82. The summed E-state index contributed by atoms with van der Waals surface area (Å²) < 4.78 is 10.6. The van der Waals surface area contributed by atoms with E-state index in [1.54, 1.807) is 25.2 Å². The van der Waals surface area contributed by atoms with Crippen molar-refractivity contribution in [2.24, 2.45) is 5.73 Å². The lowest BCUT2D eigenvalue weighted by Crippen LogP contribution is -2.51. The quantitative estimate of drug-likeness (QED) is 0.691. The molecule has 3 aromatic rings. The van der Waals surface area contributed by atoms with Gasteiger partial charge in [-0.15, -0.1) is 0 Å². The van der Waals surface area contributed by atoms with E-state index >= 15 is 0 Å². The van der Waals surface area contributed by atoms with Gasteiger partial charge in [0.2, 0.25) is 5.91 Å². The molecule has 0 aromatic heterocycles. The fourth-order valence-corrected chi connectivity index (χ4v) is 3.99. The highest BCUT2D eigenvalue weighted by Gasteiger charge is 2.34. The van der Waals surface area contributed by atoms with Crippen LogP contribution in [0.3, 0.4) is 0 Å². The van der Waals surface area contributed by atoms with Gasteiger partial charge in [0.1, 0.15) is 17.5 Å². The first-order valence-corrected chi connectivity index (χ1v) is 10.0. The summed E-state index contributed by atoms with van der Waals surface area (Å²) in [6.07, 6.45) is 0.402. The molecule has 1 aliphatic heterocycles. The molecule has 31 heavy (non-hydrogen) atoms. The van der Waals surface area contributed by atoms with Gasteiger partial charge in [-0.2, -0.15) is 0 Å². The van der Waals surface area contributed by atoms with E-state index in [9.17, 15) is 9.59 Å². The Labute approximate surface area is 181 Å². The zero-order valence-electron chi connectivity index (χ0n) is 17.5. The predicted octanol–water partition coefficient (Wildman–Crippen LogP) is 3.42.